The Morgan fingerprint density at radius 1 is 1.46 bits per heavy atom. The van der Waals surface area contributed by atoms with Crippen molar-refractivity contribution in [2.75, 3.05) is 6.61 Å². The molecule has 2 saturated carbocycles. The number of fused-ring (bicyclic) bond motifs is 2. The number of rotatable bonds is 1. The fourth-order valence-corrected chi connectivity index (χ4v) is 3.63. The first-order valence-corrected chi connectivity index (χ1v) is 5.10. The first-order chi connectivity index (χ1) is 6.26. The molecule has 0 aromatic heterocycles. The molecule has 0 bridgehead atoms. The normalized spacial score (nSPS) is 45.1. The second-order valence-corrected chi connectivity index (χ2v) is 4.65. The van der Waals surface area contributed by atoms with E-state index < -0.39 is 5.97 Å². The third-order valence-electron chi connectivity index (χ3n) is 4.30. The van der Waals surface area contributed by atoms with E-state index in [0.29, 0.717) is 12.0 Å². The summed E-state index contributed by atoms with van der Waals surface area (Å²) in [6, 6.07) is 0. The summed E-state index contributed by atoms with van der Waals surface area (Å²) < 4.78 is 5.63. The van der Waals surface area contributed by atoms with Crippen molar-refractivity contribution in [1.29, 1.82) is 0 Å². The van der Waals surface area contributed by atoms with Crippen LogP contribution in [-0.4, -0.2) is 23.8 Å². The van der Waals surface area contributed by atoms with Gasteiger partial charge in [0, 0.05) is 17.9 Å². The highest BCUT2D eigenvalue weighted by Gasteiger charge is 2.69. The molecule has 1 spiro atoms. The Morgan fingerprint density at radius 2 is 2.23 bits per heavy atom. The van der Waals surface area contributed by atoms with E-state index in [1.807, 2.05) is 0 Å². The average molecular weight is 182 g/mol. The Bertz CT molecular complexity index is 257. The zero-order valence-corrected chi connectivity index (χ0v) is 7.53. The smallest absolute Gasteiger partial charge is 0.307 e. The molecule has 1 saturated heterocycles. The van der Waals surface area contributed by atoms with Crippen LogP contribution in [0.2, 0.25) is 0 Å². The monoisotopic (exact) mass is 182 g/mol. The minimum atomic E-state index is -0.591. The summed E-state index contributed by atoms with van der Waals surface area (Å²) in [6.45, 7) is 0.779. The molecule has 0 amide bonds. The van der Waals surface area contributed by atoms with E-state index in [2.05, 4.69) is 0 Å². The Hall–Kier alpha value is -0.570. The van der Waals surface area contributed by atoms with Gasteiger partial charge in [0.2, 0.25) is 0 Å². The summed E-state index contributed by atoms with van der Waals surface area (Å²) in [5, 5.41) is 9.13. The largest absolute Gasteiger partial charge is 0.481 e. The van der Waals surface area contributed by atoms with Crippen LogP contribution in [0.3, 0.4) is 0 Å². The first-order valence-electron chi connectivity index (χ1n) is 5.10. The van der Waals surface area contributed by atoms with Gasteiger partial charge in [-0.3, -0.25) is 4.79 Å². The van der Waals surface area contributed by atoms with Crippen molar-refractivity contribution in [3.63, 3.8) is 0 Å². The summed E-state index contributed by atoms with van der Waals surface area (Å²) in [5.74, 6) is -0.349. The van der Waals surface area contributed by atoms with Crippen LogP contribution in [0.25, 0.3) is 0 Å². The average Bonchev–Trinajstić information content (AvgIpc) is 2.30. The number of hydrogen-bond donors (Lipinski definition) is 1. The molecule has 3 nitrogen and oxygen atoms in total. The summed E-state index contributed by atoms with van der Waals surface area (Å²) >= 11 is 0. The van der Waals surface area contributed by atoms with Crippen molar-refractivity contribution >= 4 is 5.97 Å². The maximum atomic E-state index is 11.1. The molecule has 3 heteroatoms. The van der Waals surface area contributed by atoms with Gasteiger partial charge in [0.05, 0.1) is 12.0 Å². The number of aliphatic carboxylic acids is 1. The fourth-order valence-electron chi connectivity index (χ4n) is 3.63. The zero-order valence-electron chi connectivity index (χ0n) is 7.53. The van der Waals surface area contributed by atoms with Crippen LogP contribution in [0, 0.1) is 17.3 Å². The lowest BCUT2D eigenvalue weighted by Gasteiger charge is -2.61. The van der Waals surface area contributed by atoms with Crippen molar-refractivity contribution < 1.29 is 14.6 Å². The van der Waals surface area contributed by atoms with Gasteiger partial charge in [-0.05, 0) is 19.3 Å². The van der Waals surface area contributed by atoms with Crippen LogP contribution in [0.15, 0.2) is 0 Å². The molecule has 0 radical (unpaired) electrons. The molecule has 3 aliphatic rings. The second kappa shape index (κ2) is 2.27. The summed E-state index contributed by atoms with van der Waals surface area (Å²) in [6.07, 6.45) is 4.60. The highest BCUT2D eigenvalue weighted by atomic mass is 16.5. The molecular weight excluding hydrogens is 168 g/mol. The fraction of sp³-hybridized carbons (Fsp3) is 0.900. The molecule has 0 aromatic carbocycles. The minimum Gasteiger partial charge on any atom is -0.481 e. The SMILES string of the molecule is O=C(O)[C@@H]1[C@H]2CCO[C@@H]2C12CCC2. The van der Waals surface area contributed by atoms with Gasteiger partial charge in [-0.2, -0.15) is 0 Å². The highest BCUT2D eigenvalue weighted by Crippen LogP contribution is 2.66. The summed E-state index contributed by atoms with van der Waals surface area (Å²) in [5.41, 5.74) is 0.0625. The predicted molar refractivity (Wildman–Crippen MR) is 45.3 cm³/mol. The van der Waals surface area contributed by atoms with Crippen molar-refractivity contribution in [1.82, 2.24) is 0 Å². The number of ether oxygens (including phenoxy) is 1. The molecule has 0 unspecified atom stereocenters. The van der Waals surface area contributed by atoms with Crippen molar-refractivity contribution in [3.8, 4) is 0 Å². The number of carboxylic acid groups (broad SMARTS) is 1. The quantitative estimate of drug-likeness (QED) is 0.664. The molecule has 1 aliphatic heterocycles. The Labute approximate surface area is 77.1 Å². The van der Waals surface area contributed by atoms with Crippen molar-refractivity contribution in [2.45, 2.75) is 31.8 Å². The van der Waals surface area contributed by atoms with E-state index in [1.54, 1.807) is 0 Å². The van der Waals surface area contributed by atoms with Gasteiger partial charge in [0.25, 0.3) is 0 Å². The standard InChI is InChI=1S/C10H14O3/c11-9(12)7-6-2-5-13-8(6)10(7)3-1-4-10/h6-8H,1-5H2,(H,11,12)/t6-,7+,8+/m1/s1. The van der Waals surface area contributed by atoms with Crippen LogP contribution in [0.4, 0.5) is 0 Å². The minimum absolute atomic E-state index is 0.0625. The molecule has 3 rings (SSSR count). The van der Waals surface area contributed by atoms with E-state index in [1.165, 1.54) is 6.42 Å². The van der Waals surface area contributed by atoms with Gasteiger partial charge in [0.1, 0.15) is 0 Å². The Morgan fingerprint density at radius 3 is 2.77 bits per heavy atom. The second-order valence-electron chi connectivity index (χ2n) is 4.65. The van der Waals surface area contributed by atoms with Gasteiger partial charge in [-0.15, -0.1) is 0 Å². The van der Waals surface area contributed by atoms with Crippen molar-refractivity contribution in [3.05, 3.63) is 0 Å². The van der Waals surface area contributed by atoms with Crippen LogP contribution in [0.5, 0.6) is 0 Å². The lowest BCUT2D eigenvalue weighted by molar-refractivity contribution is -0.214. The zero-order chi connectivity index (χ0) is 9.05. The summed E-state index contributed by atoms with van der Waals surface area (Å²) in [7, 11) is 0. The summed E-state index contributed by atoms with van der Waals surface area (Å²) in [4.78, 5) is 11.1. The molecule has 3 atom stereocenters. The molecular formula is C10H14O3. The van der Waals surface area contributed by atoms with Gasteiger partial charge < -0.3 is 9.84 Å². The molecule has 3 fully saturated rings. The lowest BCUT2D eigenvalue weighted by Crippen LogP contribution is -2.65. The van der Waals surface area contributed by atoms with Gasteiger partial charge in [-0.1, -0.05) is 6.42 Å². The Balaban J connectivity index is 1.89. The molecule has 72 valence electrons. The van der Waals surface area contributed by atoms with Crippen LogP contribution in [0.1, 0.15) is 25.7 Å². The van der Waals surface area contributed by atoms with E-state index >= 15 is 0 Å². The third kappa shape index (κ3) is 0.725. The van der Waals surface area contributed by atoms with Gasteiger partial charge in [0.15, 0.2) is 0 Å². The highest BCUT2D eigenvalue weighted by molar-refractivity contribution is 5.74. The van der Waals surface area contributed by atoms with Crippen molar-refractivity contribution in [2.24, 2.45) is 17.3 Å². The molecule has 13 heavy (non-hydrogen) atoms. The van der Waals surface area contributed by atoms with Crippen LogP contribution < -0.4 is 0 Å². The van der Waals surface area contributed by atoms with Crippen LogP contribution >= 0.6 is 0 Å². The lowest BCUT2D eigenvalue weighted by atomic mass is 9.43. The number of carboxylic acids is 1. The van der Waals surface area contributed by atoms with E-state index in [4.69, 9.17) is 9.84 Å². The third-order valence-corrected chi connectivity index (χ3v) is 4.30. The van der Waals surface area contributed by atoms with E-state index in [-0.39, 0.29) is 11.3 Å². The maximum absolute atomic E-state index is 11.1. The molecule has 1 N–H and O–H groups in total. The maximum Gasteiger partial charge on any atom is 0.307 e. The topological polar surface area (TPSA) is 46.5 Å². The van der Waals surface area contributed by atoms with E-state index in [0.717, 1.165) is 25.9 Å². The van der Waals surface area contributed by atoms with E-state index in [9.17, 15) is 4.79 Å². The number of carbonyl (C=O) groups is 1. The van der Waals surface area contributed by atoms with Gasteiger partial charge in [-0.25, -0.2) is 0 Å². The first kappa shape index (κ1) is 7.80. The van der Waals surface area contributed by atoms with Gasteiger partial charge >= 0.3 is 5.97 Å². The predicted octanol–water partition coefficient (Wildman–Crippen LogP) is 1.28. The molecule has 0 aromatic rings. The molecule has 1 heterocycles. The Kier molecular flexibility index (Phi) is 1.36. The number of hydrogen-bond acceptors (Lipinski definition) is 2. The van der Waals surface area contributed by atoms with Crippen LogP contribution in [-0.2, 0) is 9.53 Å². The molecule has 2 aliphatic carbocycles.